The van der Waals surface area contributed by atoms with Crippen molar-refractivity contribution in [3.63, 3.8) is 0 Å². The fraction of sp³-hybridized carbons (Fsp3) is 0.421. The van der Waals surface area contributed by atoms with Gasteiger partial charge in [-0.25, -0.2) is 4.79 Å². The minimum absolute atomic E-state index is 0.247. The highest BCUT2D eigenvalue weighted by atomic mass is 16.6. The van der Waals surface area contributed by atoms with Gasteiger partial charge in [0.2, 0.25) is 0 Å². The number of aldehydes is 1. The van der Waals surface area contributed by atoms with Crippen LogP contribution in [0.25, 0.3) is 0 Å². The highest BCUT2D eigenvalue weighted by molar-refractivity contribution is 5.91. The number of hydrogen-bond acceptors (Lipinski definition) is 5. The van der Waals surface area contributed by atoms with Crippen molar-refractivity contribution in [1.29, 1.82) is 0 Å². The van der Waals surface area contributed by atoms with Crippen LogP contribution in [0.4, 0.5) is 0 Å². The monoisotopic (exact) mass is 330 g/mol. The Labute approximate surface area is 141 Å². The van der Waals surface area contributed by atoms with Crippen LogP contribution in [0.15, 0.2) is 47.6 Å². The molecule has 0 aromatic heterocycles. The molecular weight excluding hydrogens is 308 g/mol. The summed E-state index contributed by atoms with van der Waals surface area (Å²) in [6.07, 6.45) is 6.91. The Bertz CT molecular complexity index is 651. The van der Waals surface area contributed by atoms with Gasteiger partial charge in [-0.3, -0.25) is 9.59 Å². The number of rotatable bonds is 3. The first kappa shape index (κ1) is 17.9. The van der Waals surface area contributed by atoms with Gasteiger partial charge in [-0.1, -0.05) is 38.2 Å². The summed E-state index contributed by atoms with van der Waals surface area (Å²) in [5.41, 5.74) is 1.62. The molecular formula is C19H22O5. The molecule has 128 valence electrons. The Morgan fingerprint density at radius 2 is 2.12 bits per heavy atom. The Morgan fingerprint density at radius 3 is 2.75 bits per heavy atom. The summed E-state index contributed by atoms with van der Waals surface area (Å²) in [7, 11) is 0. The van der Waals surface area contributed by atoms with Gasteiger partial charge in [-0.15, -0.1) is 0 Å². The molecule has 2 rings (SSSR count). The third-order valence-electron chi connectivity index (χ3n) is 4.03. The third-order valence-corrected chi connectivity index (χ3v) is 4.03. The van der Waals surface area contributed by atoms with Gasteiger partial charge in [-0.05, 0) is 25.5 Å². The topological polar surface area (TPSA) is 69.7 Å². The third kappa shape index (κ3) is 3.91. The van der Waals surface area contributed by atoms with E-state index in [1.54, 1.807) is 26.0 Å². The van der Waals surface area contributed by atoms with Crippen molar-refractivity contribution in [2.75, 3.05) is 0 Å². The lowest BCUT2D eigenvalue weighted by molar-refractivity contribution is -0.153. The summed E-state index contributed by atoms with van der Waals surface area (Å²) in [5.74, 6) is -1.79. The van der Waals surface area contributed by atoms with Gasteiger partial charge in [-0.2, -0.15) is 0 Å². The summed E-state index contributed by atoms with van der Waals surface area (Å²) in [6.45, 7) is 9.15. The van der Waals surface area contributed by atoms with E-state index in [9.17, 15) is 14.4 Å². The highest BCUT2D eigenvalue weighted by Gasteiger charge is 2.43. The molecule has 2 aliphatic rings. The van der Waals surface area contributed by atoms with Crippen LogP contribution < -0.4 is 0 Å². The average Bonchev–Trinajstić information content (AvgIpc) is 2.79. The average molecular weight is 330 g/mol. The molecule has 1 fully saturated rings. The van der Waals surface area contributed by atoms with E-state index in [0.717, 1.165) is 5.57 Å². The normalized spacial score (nSPS) is 32.8. The Hall–Kier alpha value is -2.43. The van der Waals surface area contributed by atoms with E-state index in [1.165, 1.54) is 0 Å². The zero-order chi connectivity index (χ0) is 17.9. The van der Waals surface area contributed by atoms with Crippen LogP contribution in [0.5, 0.6) is 0 Å². The standard InChI is InChI=1S/C19H22O5/c1-11(2)18(21)23-16-9-14(10-20)7-5-6-12(3)8-15-17(16)13(4)19(22)24-15/h5,7-11,15-17H,4,6H2,1-3H3/b7-5-,12-8-,14-9+/t15-,16?,17+/m1/s1. The van der Waals surface area contributed by atoms with Crippen LogP contribution in [0.1, 0.15) is 27.2 Å². The molecule has 0 N–H and O–H groups in total. The first-order chi connectivity index (χ1) is 11.3. The van der Waals surface area contributed by atoms with E-state index in [2.05, 4.69) is 6.58 Å². The quantitative estimate of drug-likeness (QED) is 0.344. The van der Waals surface area contributed by atoms with Crippen LogP contribution in [-0.2, 0) is 23.9 Å². The molecule has 1 heterocycles. The minimum Gasteiger partial charge on any atom is -0.457 e. The number of carbonyl (C=O) groups excluding carboxylic acids is 3. The molecule has 5 heteroatoms. The Balaban J connectivity index is 2.49. The maximum Gasteiger partial charge on any atom is 0.334 e. The summed E-state index contributed by atoms with van der Waals surface area (Å²) in [4.78, 5) is 35.3. The van der Waals surface area contributed by atoms with Crippen LogP contribution in [0.3, 0.4) is 0 Å². The van der Waals surface area contributed by atoms with E-state index in [4.69, 9.17) is 9.47 Å². The molecule has 0 spiro atoms. The molecule has 0 amide bonds. The fourth-order valence-corrected chi connectivity index (χ4v) is 2.66. The summed E-state index contributed by atoms with van der Waals surface area (Å²) < 4.78 is 10.9. The highest BCUT2D eigenvalue weighted by Crippen LogP contribution is 2.34. The van der Waals surface area contributed by atoms with Crippen molar-refractivity contribution in [3.8, 4) is 0 Å². The van der Waals surface area contributed by atoms with E-state index in [0.29, 0.717) is 18.3 Å². The van der Waals surface area contributed by atoms with Crippen molar-refractivity contribution in [3.05, 3.63) is 47.6 Å². The Morgan fingerprint density at radius 1 is 1.42 bits per heavy atom. The maximum atomic E-state index is 12.1. The predicted molar refractivity (Wildman–Crippen MR) is 88.9 cm³/mol. The minimum atomic E-state index is -0.796. The van der Waals surface area contributed by atoms with Gasteiger partial charge < -0.3 is 9.47 Å². The van der Waals surface area contributed by atoms with Crippen molar-refractivity contribution in [2.24, 2.45) is 11.8 Å². The molecule has 1 saturated heterocycles. The molecule has 1 unspecified atom stereocenters. The SMILES string of the molecule is C=C1C(=O)O[C@@H]2/C=C(/C)C/C=C\C(C=O)=C/C(OC(=O)C(C)C)[C@@H]12. The van der Waals surface area contributed by atoms with E-state index in [-0.39, 0.29) is 11.5 Å². The zero-order valence-corrected chi connectivity index (χ0v) is 14.2. The van der Waals surface area contributed by atoms with Gasteiger partial charge in [0.15, 0.2) is 0 Å². The second-order valence-corrected chi connectivity index (χ2v) is 6.38. The molecule has 0 saturated carbocycles. The van der Waals surface area contributed by atoms with Gasteiger partial charge in [0.25, 0.3) is 0 Å². The molecule has 0 radical (unpaired) electrons. The largest absolute Gasteiger partial charge is 0.457 e. The van der Waals surface area contributed by atoms with Crippen LogP contribution in [-0.4, -0.2) is 30.4 Å². The summed E-state index contributed by atoms with van der Waals surface area (Å²) >= 11 is 0. The number of carbonyl (C=O) groups is 3. The molecule has 1 aliphatic heterocycles. The zero-order valence-electron chi connectivity index (χ0n) is 14.2. The number of hydrogen-bond donors (Lipinski definition) is 0. The molecule has 24 heavy (non-hydrogen) atoms. The first-order valence-electron chi connectivity index (χ1n) is 7.94. The van der Waals surface area contributed by atoms with Crippen LogP contribution >= 0.6 is 0 Å². The second kappa shape index (κ2) is 7.43. The predicted octanol–water partition coefficient (Wildman–Crippen LogP) is 2.68. The fourth-order valence-electron chi connectivity index (χ4n) is 2.66. The lowest BCUT2D eigenvalue weighted by Crippen LogP contribution is -2.33. The summed E-state index contributed by atoms with van der Waals surface area (Å²) in [6, 6.07) is 0. The van der Waals surface area contributed by atoms with Crippen LogP contribution in [0, 0.1) is 11.8 Å². The van der Waals surface area contributed by atoms with Gasteiger partial charge in [0, 0.05) is 11.1 Å². The molecule has 1 aliphatic carbocycles. The molecule has 3 atom stereocenters. The summed E-state index contributed by atoms with van der Waals surface area (Å²) in [5, 5.41) is 0. The van der Waals surface area contributed by atoms with Gasteiger partial charge in [0.05, 0.1) is 11.8 Å². The van der Waals surface area contributed by atoms with Crippen molar-refractivity contribution in [2.45, 2.75) is 39.4 Å². The van der Waals surface area contributed by atoms with E-state index in [1.807, 2.05) is 19.1 Å². The Kier molecular flexibility index (Phi) is 5.54. The first-order valence-corrected chi connectivity index (χ1v) is 7.94. The molecule has 0 bridgehead atoms. The van der Waals surface area contributed by atoms with Crippen LogP contribution in [0.2, 0.25) is 0 Å². The smallest absolute Gasteiger partial charge is 0.334 e. The number of ether oxygens (including phenoxy) is 2. The van der Waals surface area contributed by atoms with Crippen molar-refractivity contribution in [1.82, 2.24) is 0 Å². The van der Waals surface area contributed by atoms with Gasteiger partial charge in [0.1, 0.15) is 18.5 Å². The number of allylic oxidation sites excluding steroid dienone is 4. The second-order valence-electron chi connectivity index (χ2n) is 6.38. The van der Waals surface area contributed by atoms with Crippen molar-refractivity contribution < 1.29 is 23.9 Å². The molecule has 0 aromatic rings. The van der Waals surface area contributed by atoms with Gasteiger partial charge >= 0.3 is 11.9 Å². The lowest BCUT2D eigenvalue weighted by Gasteiger charge is -2.25. The maximum absolute atomic E-state index is 12.1. The number of esters is 2. The van der Waals surface area contributed by atoms with E-state index < -0.39 is 30.1 Å². The molecule has 0 aromatic carbocycles. The molecule has 5 nitrogen and oxygen atoms in total. The van der Waals surface area contributed by atoms with E-state index >= 15 is 0 Å². The number of fused-ring (bicyclic) bond motifs is 1. The van der Waals surface area contributed by atoms with Crippen molar-refractivity contribution >= 4 is 18.2 Å². The lowest BCUT2D eigenvalue weighted by atomic mass is 9.88.